The second-order valence-electron chi connectivity index (χ2n) is 4.16. The molecule has 108 valence electrons. The molecular formula is C12H17N5O2S. The van der Waals surface area contributed by atoms with Crippen LogP contribution in [0, 0.1) is 0 Å². The first-order chi connectivity index (χ1) is 9.60. The van der Waals surface area contributed by atoms with Gasteiger partial charge in [-0.05, 0) is 12.5 Å². The van der Waals surface area contributed by atoms with Crippen LogP contribution in [0.3, 0.4) is 0 Å². The van der Waals surface area contributed by atoms with Gasteiger partial charge >= 0.3 is 0 Å². The lowest BCUT2D eigenvalue weighted by Gasteiger charge is -2.07. The van der Waals surface area contributed by atoms with Crippen LogP contribution in [0.2, 0.25) is 0 Å². The maximum atomic E-state index is 10.5. The summed E-state index contributed by atoms with van der Waals surface area (Å²) in [6.45, 7) is 2.88. The van der Waals surface area contributed by atoms with E-state index in [2.05, 4.69) is 28.3 Å². The fourth-order valence-electron chi connectivity index (χ4n) is 1.71. The van der Waals surface area contributed by atoms with E-state index in [1.807, 2.05) is 0 Å². The Hall–Kier alpha value is -1.93. The summed E-state index contributed by atoms with van der Waals surface area (Å²) < 4.78 is 5.08. The third-order valence-corrected chi connectivity index (χ3v) is 3.77. The fraction of sp³-hybridized carbons (Fsp3) is 0.417. The first-order valence-corrected chi connectivity index (χ1v) is 7.07. The third-order valence-electron chi connectivity index (χ3n) is 2.59. The molecule has 0 unspecified atom stereocenters. The summed E-state index contributed by atoms with van der Waals surface area (Å²) in [7, 11) is 0. The van der Waals surface area contributed by atoms with Gasteiger partial charge in [-0.1, -0.05) is 6.92 Å². The lowest BCUT2D eigenvalue weighted by molar-refractivity contribution is -0.122. The van der Waals surface area contributed by atoms with E-state index in [9.17, 15) is 4.79 Å². The average molecular weight is 295 g/mol. The van der Waals surface area contributed by atoms with Crippen LogP contribution in [0.4, 0.5) is 11.8 Å². The molecule has 0 aliphatic heterocycles. The fourth-order valence-corrected chi connectivity index (χ4v) is 2.69. The molecule has 0 radical (unpaired) electrons. The molecule has 7 nitrogen and oxygen atoms in total. The number of hydrogen-bond acceptors (Lipinski definition) is 7. The van der Waals surface area contributed by atoms with E-state index in [-0.39, 0.29) is 12.6 Å². The molecule has 0 fully saturated rings. The largest absolute Gasteiger partial charge is 0.370 e. The summed E-state index contributed by atoms with van der Waals surface area (Å²) in [5, 5.41) is 4.09. The van der Waals surface area contributed by atoms with Gasteiger partial charge in [0.2, 0.25) is 11.9 Å². The van der Waals surface area contributed by atoms with Gasteiger partial charge in [0.1, 0.15) is 17.3 Å². The van der Waals surface area contributed by atoms with Crippen molar-refractivity contribution in [1.29, 1.82) is 0 Å². The van der Waals surface area contributed by atoms with Gasteiger partial charge in [-0.25, -0.2) is 4.98 Å². The van der Waals surface area contributed by atoms with E-state index in [0.717, 1.165) is 16.6 Å². The molecule has 0 bridgehead atoms. The number of primary amides is 1. The predicted octanol–water partition coefficient (Wildman–Crippen LogP) is 0.750. The number of carbonyl (C=O) groups excluding carboxylic acids is 1. The Kier molecular flexibility index (Phi) is 4.70. The molecule has 0 saturated carbocycles. The summed E-state index contributed by atoms with van der Waals surface area (Å²) in [4.78, 5) is 21.1. The first kappa shape index (κ1) is 14.5. The van der Waals surface area contributed by atoms with Crippen LogP contribution >= 0.6 is 11.3 Å². The van der Waals surface area contributed by atoms with Crippen LogP contribution < -0.4 is 16.8 Å². The Morgan fingerprint density at radius 1 is 1.50 bits per heavy atom. The normalized spacial score (nSPS) is 10.8. The molecule has 1 amide bonds. The highest BCUT2D eigenvalue weighted by molar-refractivity contribution is 7.18. The second kappa shape index (κ2) is 6.49. The van der Waals surface area contributed by atoms with Crippen LogP contribution in [-0.2, 0) is 16.0 Å². The number of rotatable bonds is 7. The van der Waals surface area contributed by atoms with Gasteiger partial charge < -0.3 is 21.5 Å². The monoisotopic (exact) mass is 295 g/mol. The molecule has 0 saturated heterocycles. The van der Waals surface area contributed by atoms with Gasteiger partial charge in [0.05, 0.1) is 12.0 Å². The van der Waals surface area contributed by atoms with Crippen molar-refractivity contribution in [2.45, 2.75) is 13.3 Å². The number of thiophene rings is 1. The maximum Gasteiger partial charge on any atom is 0.243 e. The Morgan fingerprint density at radius 2 is 2.30 bits per heavy atom. The molecule has 0 aliphatic rings. The number of nitrogens with two attached hydrogens (primary N) is 2. The molecule has 0 atom stereocenters. The lowest BCUT2D eigenvalue weighted by Crippen LogP contribution is -2.20. The zero-order valence-corrected chi connectivity index (χ0v) is 12.0. The van der Waals surface area contributed by atoms with Crippen molar-refractivity contribution in [2.24, 2.45) is 5.73 Å². The lowest BCUT2D eigenvalue weighted by atomic mass is 10.3. The summed E-state index contributed by atoms with van der Waals surface area (Å²) in [6.07, 6.45) is 0.947. The zero-order chi connectivity index (χ0) is 14.5. The minimum Gasteiger partial charge on any atom is -0.370 e. The average Bonchev–Trinajstić information content (AvgIpc) is 2.80. The molecule has 20 heavy (non-hydrogen) atoms. The van der Waals surface area contributed by atoms with Gasteiger partial charge in [-0.3, -0.25) is 4.79 Å². The summed E-state index contributed by atoms with van der Waals surface area (Å²) in [6, 6.07) is 2.06. The van der Waals surface area contributed by atoms with Gasteiger partial charge in [-0.2, -0.15) is 4.98 Å². The molecular weight excluding hydrogens is 278 g/mol. The Bertz CT molecular complexity index is 613. The van der Waals surface area contributed by atoms with Crippen molar-refractivity contribution >= 4 is 39.2 Å². The van der Waals surface area contributed by atoms with Crippen LogP contribution in [-0.4, -0.2) is 35.6 Å². The van der Waals surface area contributed by atoms with E-state index in [0.29, 0.717) is 19.0 Å². The molecule has 0 aromatic carbocycles. The van der Waals surface area contributed by atoms with Crippen LogP contribution in [0.1, 0.15) is 11.8 Å². The number of ether oxygens (including phenoxy) is 1. The molecule has 8 heteroatoms. The minimum atomic E-state index is -0.482. The second-order valence-corrected chi connectivity index (χ2v) is 5.28. The number of anilines is 2. The van der Waals surface area contributed by atoms with Crippen LogP contribution in [0.15, 0.2) is 6.07 Å². The van der Waals surface area contributed by atoms with Crippen molar-refractivity contribution < 1.29 is 9.53 Å². The Morgan fingerprint density at radius 3 is 3.00 bits per heavy atom. The predicted molar refractivity (Wildman–Crippen MR) is 79.7 cm³/mol. The van der Waals surface area contributed by atoms with Crippen molar-refractivity contribution in [3.63, 3.8) is 0 Å². The van der Waals surface area contributed by atoms with Crippen LogP contribution in [0.5, 0.6) is 0 Å². The van der Waals surface area contributed by atoms with E-state index < -0.39 is 5.91 Å². The molecule has 0 aliphatic carbocycles. The van der Waals surface area contributed by atoms with Gasteiger partial charge in [0, 0.05) is 11.4 Å². The highest BCUT2D eigenvalue weighted by atomic mass is 32.1. The zero-order valence-electron chi connectivity index (χ0n) is 11.2. The van der Waals surface area contributed by atoms with Crippen molar-refractivity contribution in [3.8, 4) is 0 Å². The number of nitrogen functional groups attached to an aromatic ring is 1. The highest BCUT2D eigenvalue weighted by Gasteiger charge is 2.09. The van der Waals surface area contributed by atoms with Gasteiger partial charge in [0.25, 0.3) is 0 Å². The van der Waals surface area contributed by atoms with Gasteiger partial charge in [0.15, 0.2) is 0 Å². The summed E-state index contributed by atoms with van der Waals surface area (Å²) in [5.74, 6) is 0.442. The molecule has 2 aromatic heterocycles. The SMILES string of the molecule is CCc1cc2c(NCCOCC(N)=O)nc(N)nc2s1. The van der Waals surface area contributed by atoms with E-state index >= 15 is 0 Å². The smallest absolute Gasteiger partial charge is 0.243 e. The quantitative estimate of drug-likeness (QED) is 0.649. The number of nitrogens with zero attached hydrogens (tertiary/aromatic N) is 2. The summed E-state index contributed by atoms with van der Waals surface area (Å²) in [5.41, 5.74) is 10.7. The van der Waals surface area contributed by atoms with E-state index in [4.69, 9.17) is 16.2 Å². The molecule has 0 spiro atoms. The topological polar surface area (TPSA) is 116 Å². The van der Waals surface area contributed by atoms with Crippen molar-refractivity contribution in [3.05, 3.63) is 10.9 Å². The maximum absolute atomic E-state index is 10.5. The summed E-state index contributed by atoms with van der Waals surface area (Å²) >= 11 is 1.61. The number of aromatic nitrogens is 2. The van der Waals surface area contributed by atoms with Crippen LogP contribution in [0.25, 0.3) is 10.2 Å². The molecule has 5 N–H and O–H groups in total. The minimum absolute atomic E-state index is 0.0819. The molecule has 2 heterocycles. The molecule has 2 aromatic rings. The highest BCUT2D eigenvalue weighted by Crippen LogP contribution is 2.29. The number of aryl methyl sites for hydroxylation is 1. The Balaban J connectivity index is 2.05. The number of hydrogen-bond donors (Lipinski definition) is 3. The van der Waals surface area contributed by atoms with E-state index in [1.165, 1.54) is 4.88 Å². The standard InChI is InChI=1S/C12H17N5O2S/c1-2-7-5-8-10(15-3-4-19-6-9(13)18)16-12(14)17-11(8)20-7/h5H,2-4,6H2,1H3,(H2,13,18)(H3,14,15,16,17). The number of fused-ring (bicyclic) bond motifs is 1. The first-order valence-electron chi connectivity index (χ1n) is 6.26. The van der Waals surface area contributed by atoms with Gasteiger partial charge in [-0.15, -0.1) is 11.3 Å². The third kappa shape index (κ3) is 3.55. The van der Waals surface area contributed by atoms with Crippen molar-refractivity contribution in [1.82, 2.24) is 9.97 Å². The number of amides is 1. The Labute approximate surface area is 120 Å². The van der Waals surface area contributed by atoms with Crippen molar-refractivity contribution in [2.75, 3.05) is 30.8 Å². The van der Waals surface area contributed by atoms with E-state index in [1.54, 1.807) is 11.3 Å². The number of carbonyl (C=O) groups is 1. The molecule has 2 rings (SSSR count). The number of nitrogens with one attached hydrogen (secondary N) is 1.